The molecule has 3 saturated heterocycles. The maximum atomic E-state index is 13.9. The number of piperazine rings is 1. The van der Waals surface area contributed by atoms with Gasteiger partial charge in [-0.15, -0.1) is 0 Å². The van der Waals surface area contributed by atoms with Crippen LogP contribution in [0.4, 0.5) is 5.69 Å². The normalized spacial score (nSPS) is 25.1. The van der Waals surface area contributed by atoms with Gasteiger partial charge in [0.25, 0.3) is 5.91 Å². The Labute approximate surface area is 228 Å². The van der Waals surface area contributed by atoms with Crippen molar-refractivity contribution in [3.05, 3.63) is 29.8 Å². The fourth-order valence-electron chi connectivity index (χ4n) is 6.13. The predicted octanol–water partition coefficient (Wildman–Crippen LogP) is 3.20. The number of nitrogens with zero attached hydrogens (tertiary/aromatic N) is 3. The molecule has 1 aromatic carbocycles. The second-order valence-corrected chi connectivity index (χ2v) is 12.8. The number of hydrogen-bond acceptors (Lipinski definition) is 6. The van der Waals surface area contributed by atoms with E-state index in [1.165, 1.54) is 6.42 Å². The molecule has 1 aromatic rings. The van der Waals surface area contributed by atoms with Crippen LogP contribution >= 0.6 is 0 Å². The molecule has 3 heterocycles. The van der Waals surface area contributed by atoms with Crippen molar-refractivity contribution in [2.45, 2.75) is 72.6 Å². The van der Waals surface area contributed by atoms with Crippen LogP contribution in [0.3, 0.4) is 0 Å². The largest absolute Gasteiger partial charge is 0.369 e. The third-order valence-corrected chi connectivity index (χ3v) is 8.19. The maximum absolute atomic E-state index is 13.9. The zero-order chi connectivity index (χ0) is 27.6. The monoisotopic (exact) mass is 526 g/mol. The molecule has 2 amide bonds. The van der Waals surface area contributed by atoms with Crippen LogP contribution in [0.5, 0.6) is 0 Å². The summed E-state index contributed by atoms with van der Waals surface area (Å²) in [7, 11) is 0. The van der Waals surface area contributed by atoms with Gasteiger partial charge in [-0.2, -0.15) is 0 Å². The molecule has 1 N–H and O–H groups in total. The highest BCUT2D eigenvalue weighted by molar-refractivity contribution is 5.99. The summed E-state index contributed by atoms with van der Waals surface area (Å²) in [6.07, 6.45) is 1.39. The van der Waals surface area contributed by atoms with Crippen molar-refractivity contribution in [1.82, 2.24) is 15.1 Å². The fourth-order valence-corrected chi connectivity index (χ4v) is 6.13. The van der Waals surface area contributed by atoms with E-state index in [9.17, 15) is 14.4 Å². The number of likely N-dealkylation sites (tertiary alicyclic amines) is 1. The lowest BCUT2D eigenvalue weighted by molar-refractivity contribution is -0.138. The zero-order valence-electron chi connectivity index (χ0n) is 24.0. The Morgan fingerprint density at radius 3 is 2.32 bits per heavy atom. The van der Waals surface area contributed by atoms with E-state index in [-0.39, 0.29) is 47.6 Å². The van der Waals surface area contributed by atoms with Crippen molar-refractivity contribution in [3.63, 3.8) is 0 Å². The summed E-state index contributed by atoms with van der Waals surface area (Å²) in [5, 5.41) is 3.02. The minimum atomic E-state index is -0.714. The number of ketones is 1. The van der Waals surface area contributed by atoms with Gasteiger partial charge >= 0.3 is 0 Å². The number of nitrogens with one attached hydrogen (secondary N) is 1. The lowest BCUT2D eigenvalue weighted by Gasteiger charge is -2.36. The third-order valence-electron chi connectivity index (χ3n) is 8.19. The van der Waals surface area contributed by atoms with E-state index in [0.717, 1.165) is 38.4 Å². The molecule has 4 atom stereocenters. The van der Waals surface area contributed by atoms with Crippen LogP contribution in [0, 0.1) is 17.3 Å². The van der Waals surface area contributed by atoms with E-state index in [1.807, 2.05) is 24.3 Å². The van der Waals surface area contributed by atoms with Gasteiger partial charge in [0.05, 0.1) is 6.10 Å². The van der Waals surface area contributed by atoms with Crippen LogP contribution in [-0.4, -0.2) is 91.5 Å². The van der Waals surface area contributed by atoms with Gasteiger partial charge in [0.15, 0.2) is 5.78 Å². The molecular formula is C30H46N4O4. The summed E-state index contributed by atoms with van der Waals surface area (Å²) in [6, 6.07) is 6.42. The van der Waals surface area contributed by atoms with Crippen molar-refractivity contribution in [2.24, 2.45) is 17.3 Å². The van der Waals surface area contributed by atoms with Crippen LogP contribution in [0.2, 0.25) is 0 Å². The summed E-state index contributed by atoms with van der Waals surface area (Å²) < 4.78 is 5.82. The SMILES string of the molecule is CCCN1CCN(c2ccc(C(=O)NC(CC(C)(C)C)C(=O)N3C[C@@H](C(C)C)[C@H]4OCC(=O)[C@H]43)cc2)CC1. The molecule has 0 spiro atoms. The molecule has 3 fully saturated rings. The van der Waals surface area contributed by atoms with Crippen molar-refractivity contribution >= 4 is 23.3 Å². The van der Waals surface area contributed by atoms with Crippen molar-refractivity contribution < 1.29 is 19.1 Å². The highest BCUT2D eigenvalue weighted by Crippen LogP contribution is 2.37. The Balaban J connectivity index is 1.45. The summed E-state index contributed by atoms with van der Waals surface area (Å²) in [6.45, 7) is 18.3. The zero-order valence-corrected chi connectivity index (χ0v) is 24.0. The first-order valence-corrected chi connectivity index (χ1v) is 14.3. The Bertz CT molecular complexity index is 995. The first kappa shape index (κ1) is 28.6. The molecule has 3 aliphatic heterocycles. The Morgan fingerprint density at radius 2 is 1.74 bits per heavy atom. The summed E-state index contributed by atoms with van der Waals surface area (Å²) >= 11 is 0. The lowest BCUT2D eigenvalue weighted by atomic mass is 9.87. The molecule has 0 bridgehead atoms. The smallest absolute Gasteiger partial charge is 0.251 e. The molecule has 0 aliphatic carbocycles. The summed E-state index contributed by atoms with van der Waals surface area (Å²) in [5.74, 6) is -0.102. The molecule has 38 heavy (non-hydrogen) atoms. The van der Waals surface area contributed by atoms with Gasteiger partial charge in [0, 0.05) is 49.9 Å². The lowest BCUT2D eigenvalue weighted by Crippen LogP contribution is -2.53. The highest BCUT2D eigenvalue weighted by atomic mass is 16.5. The Kier molecular flexibility index (Phi) is 8.82. The summed E-state index contributed by atoms with van der Waals surface area (Å²) in [5.41, 5.74) is 1.46. The van der Waals surface area contributed by atoms with Gasteiger partial charge in [-0.05, 0) is 55.0 Å². The molecule has 0 radical (unpaired) electrons. The van der Waals surface area contributed by atoms with Crippen molar-refractivity contribution in [3.8, 4) is 0 Å². The van der Waals surface area contributed by atoms with Crippen LogP contribution < -0.4 is 10.2 Å². The van der Waals surface area contributed by atoms with Crippen molar-refractivity contribution in [1.29, 1.82) is 0 Å². The molecule has 8 heteroatoms. The van der Waals surface area contributed by atoms with Crippen LogP contribution in [-0.2, 0) is 14.3 Å². The van der Waals surface area contributed by atoms with E-state index in [0.29, 0.717) is 18.5 Å². The first-order valence-electron chi connectivity index (χ1n) is 14.3. The third kappa shape index (κ3) is 6.40. The van der Waals surface area contributed by atoms with Crippen molar-refractivity contribution in [2.75, 3.05) is 50.8 Å². The minimum Gasteiger partial charge on any atom is -0.369 e. The first-order chi connectivity index (χ1) is 18.0. The van der Waals surface area contributed by atoms with E-state index in [4.69, 9.17) is 4.74 Å². The molecule has 3 aliphatic rings. The van der Waals surface area contributed by atoms with E-state index < -0.39 is 12.1 Å². The number of anilines is 1. The molecule has 1 unspecified atom stereocenters. The summed E-state index contributed by atoms with van der Waals surface area (Å²) in [4.78, 5) is 46.4. The number of amides is 2. The highest BCUT2D eigenvalue weighted by Gasteiger charge is 2.53. The number of carbonyl (C=O) groups is 3. The van der Waals surface area contributed by atoms with Crippen LogP contribution in [0.1, 0.15) is 64.7 Å². The number of hydrogen-bond donors (Lipinski definition) is 1. The Hall–Kier alpha value is -2.45. The van der Waals surface area contributed by atoms with E-state index >= 15 is 0 Å². The average Bonchev–Trinajstić information content (AvgIpc) is 3.44. The molecule has 0 saturated carbocycles. The molecule has 8 nitrogen and oxygen atoms in total. The molecule has 4 rings (SSSR count). The molecular weight excluding hydrogens is 480 g/mol. The predicted molar refractivity (Wildman–Crippen MR) is 149 cm³/mol. The number of ether oxygens (including phenoxy) is 1. The van der Waals surface area contributed by atoms with E-state index in [1.54, 1.807) is 4.90 Å². The average molecular weight is 527 g/mol. The minimum absolute atomic E-state index is 0.0431. The fraction of sp³-hybridized carbons (Fsp3) is 0.700. The van der Waals surface area contributed by atoms with Gasteiger partial charge < -0.3 is 19.9 Å². The quantitative estimate of drug-likeness (QED) is 0.560. The number of Topliss-reactive ketones (excluding diaryl/α,β-unsaturated/α-hetero) is 1. The second kappa shape index (κ2) is 11.7. The van der Waals surface area contributed by atoms with Crippen LogP contribution in [0.25, 0.3) is 0 Å². The van der Waals surface area contributed by atoms with Gasteiger partial charge in [0.2, 0.25) is 5.91 Å². The number of benzene rings is 1. The van der Waals surface area contributed by atoms with Gasteiger partial charge in [-0.25, -0.2) is 0 Å². The number of fused-ring (bicyclic) bond motifs is 1. The number of carbonyl (C=O) groups excluding carboxylic acids is 3. The molecule has 0 aromatic heterocycles. The van der Waals surface area contributed by atoms with Crippen LogP contribution in [0.15, 0.2) is 24.3 Å². The van der Waals surface area contributed by atoms with Gasteiger partial charge in [-0.3, -0.25) is 19.3 Å². The second-order valence-electron chi connectivity index (χ2n) is 12.8. The van der Waals surface area contributed by atoms with Gasteiger partial charge in [0.1, 0.15) is 18.7 Å². The maximum Gasteiger partial charge on any atom is 0.251 e. The number of rotatable bonds is 8. The van der Waals surface area contributed by atoms with E-state index in [2.05, 4.69) is 56.7 Å². The topological polar surface area (TPSA) is 82.2 Å². The van der Waals surface area contributed by atoms with Gasteiger partial charge in [-0.1, -0.05) is 41.5 Å². The molecule has 210 valence electrons. The standard InChI is InChI=1S/C30H46N4O4/c1-7-12-32-13-15-33(16-14-32)22-10-8-21(9-11-22)28(36)31-24(17-30(4,5)6)29(37)34-18-23(20(2)3)27-26(34)25(35)19-38-27/h8-11,20,23-24,26-27H,7,12-19H2,1-6H3,(H,31,36)/t23-,24?,26+,27+/m0/s1. The Morgan fingerprint density at radius 1 is 1.08 bits per heavy atom.